The highest BCUT2D eigenvalue weighted by molar-refractivity contribution is 7.80. The number of aromatic nitrogens is 8. The third-order valence-electron chi connectivity index (χ3n) is 15.3. The molecule has 0 aliphatic heterocycles. The Kier molecular flexibility index (Phi) is 28.5. The summed E-state index contributed by atoms with van der Waals surface area (Å²) in [6.45, 7) is 5.51. The van der Waals surface area contributed by atoms with Crippen LogP contribution in [0, 0.1) is 0 Å². The molecule has 0 saturated heterocycles. The monoisotopic (exact) mass is 1350 g/mol. The van der Waals surface area contributed by atoms with Crippen LogP contribution in [0.25, 0.3) is 22.3 Å². The Balaban J connectivity index is 0.784. The summed E-state index contributed by atoms with van der Waals surface area (Å²) in [5.74, 6) is -5.26. The Morgan fingerprint density at radius 1 is 0.495 bits per heavy atom. The highest BCUT2D eigenvalue weighted by Gasteiger charge is 2.24. The van der Waals surface area contributed by atoms with Crippen LogP contribution in [0.2, 0.25) is 0 Å². The van der Waals surface area contributed by atoms with E-state index < -0.39 is 41.8 Å². The van der Waals surface area contributed by atoms with Gasteiger partial charge in [-0.15, -0.1) is 0 Å². The van der Waals surface area contributed by atoms with Crippen molar-refractivity contribution in [2.24, 2.45) is 0 Å². The number of nitrogens with one attached hydrogen (secondary N) is 5. The Hall–Kier alpha value is -10.6. The fourth-order valence-electron chi connectivity index (χ4n) is 9.93. The first kappa shape index (κ1) is 73.8. The molecule has 0 bridgehead atoms. The van der Waals surface area contributed by atoms with Crippen LogP contribution in [0.5, 0.6) is 0 Å². The second-order valence-corrected chi connectivity index (χ2v) is 23.0. The van der Waals surface area contributed by atoms with Gasteiger partial charge in [-0.3, -0.25) is 19.2 Å². The Labute approximate surface area is 564 Å². The lowest BCUT2D eigenvalue weighted by Gasteiger charge is -2.22. The van der Waals surface area contributed by atoms with Crippen molar-refractivity contribution in [3.8, 4) is 0 Å². The average Bonchev–Trinajstić information content (AvgIpc) is 0.823. The van der Waals surface area contributed by atoms with Gasteiger partial charge in [0.1, 0.15) is 17.1 Å². The van der Waals surface area contributed by atoms with Crippen LogP contribution in [0.3, 0.4) is 0 Å². The number of amides is 4. The minimum Gasteiger partial charge on any atom is -0.480 e. The van der Waals surface area contributed by atoms with Crippen molar-refractivity contribution in [2.75, 3.05) is 113 Å². The number of thiocarbonyl (C=S) groups is 1. The first-order valence-electron chi connectivity index (χ1n) is 31.4. The van der Waals surface area contributed by atoms with Gasteiger partial charge in [0.15, 0.2) is 34.0 Å². The third kappa shape index (κ3) is 24.0. The van der Waals surface area contributed by atoms with Gasteiger partial charge in [0.2, 0.25) is 23.7 Å². The van der Waals surface area contributed by atoms with Gasteiger partial charge in [-0.2, -0.15) is 19.9 Å². The summed E-state index contributed by atoms with van der Waals surface area (Å²) in [6.07, 6.45) is 7.17. The number of unbranched alkanes of at least 4 members (excludes halogenated alkanes) is 4. The molecule has 0 radical (unpaired) electrons. The van der Waals surface area contributed by atoms with Crippen molar-refractivity contribution >= 4 is 116 Å². The summed E-state index contributed by atoms with van der Waals surface area (Å²) in [5, 5.41) is 42.9. The maximum Gasteiger partial charge on any atom is 0.335 e. The van der Waals surface area contributed by atoms with Gasteiger partial charge in [0.05, 0.1) is 68.9 Å². The number of benzene rings is 3. The van der Waals surface area contributed by atoms with E-state index in [0.29, 0.717) is 112 Å². The largest absolute Gasteiger partial charge is 0.480 e. The molecule has 32 nitrogen and oxygen atoms in total. The van der Waals surface area contributed by atoms with Crippen molar-refractivity contribution in [3.05, 3.63) is 119 Å². The quantitative estimate of drug-likeness (QED) is 0.0194. The topological polar surface area (TPSA) is 476 Å². The smallest absolute Gasteiger partial charge is 0.335 e. The lowest BCUT2D eigenvalue weighted by Crippen LogP contribution is -2.41. The Morgan fingerprint density at radius 3 is 1.35 bits per heavy atom. The van der Waals surface area contributed by atoms with E-state index in [9.17, 15) is 43.8 Å². The number of carbonyl (C=O) groups is 7. The van der Waals surface area contributed by atoms with Gasteiger partial charge in [0, 0.05) is 81.2 Å². The molecule has 16 N–H and O–H groups in total. The summed E-state index contributed by atoms with van der Waals surface area (Å²) in [6, 6.07) is 16.8. The molecule has 0 spiro atoms. The van der Waals surface area contributed by atoms with Crippen molar-refractivity contribution in [1.82, 2.24) is 71.4 Å². The maximum absolute atomic E-state index is 13.2. The molecule has 516 valence electrons. The summed E-state index contributed by atoms with van der Waals surface area (Å²) < 4.78 is 11.6. The zero-order valence-corrected chi connectivity index (χ0v) is 54.8. The maximum atomic E-state index is 13.2. The molecule has 7 aromatic rings. The predicted octanol–water partition coefficient (Wildman–Crippen LogP) is 2.95. The molecule has 2 atom stereocenters. The van der Waals surface area contributed by atoms with Crippen molar-refractivity contribution < 1.29 is 58.4 Å². The SMILES string of the molecule is CN(Cc1cnc2nc(N)nc(N)c2n1)c1ccc(C(=O)N[C@@H](CCC(=O)NCCCCCN(CCCCCNC(=O)CC[C@@H](NC(=O)c2ccc(N(C)Cc3cnc4nc(N)nc(N)c4n3)cc2)C(=O)O)CCOCCOCCNC(=S)c2ccc(C(=O)O)cc2)C(=O)O)cc1. The number of anilines is 6. The summed E-state index contributed by atoms with van der Waals surface area (Å²) in [4.78, 5) is 128. The van der Waals surface area contributed by atoms with Crippen LogP contribution in [-0.2, 0) is 41.7 Å². The number of rotatable bonds is 41. The number of hydrogen-bond acceptors (Lipinski definition) is 25. The van der Waals surface area contributed by atoms with Crippen molar-refractivity contribution in [2.45, 2.75) is 89.4 Å². The molecule has 0 aliphatic carbocycles. The second-order valence-electron chi connectivity index (χ2n) is 22.6. The minimum absolute atomic E-state index is 0.00859. The zero-order chi connectivity index (χ0) is 69.8. The molecular weight excluding hydrogens is 1270 g/mol. The number of hydrogen-bond donors (Lipinski definition) is 12. The summed E-state index contributed by atoms with van der Waals surface area (Å²) >= 11 is 5.41. The van der Waals surface area contributed by atoms with E-state index in [4.69, 9.17) is 49.7 Å². The van der Waals surface area contributed by atoms with Crippen LogP contribution in [0.1, 0.15) is 112 Å². The Morgan fingerprint density at radius 2 is 0.918 bits per heavy atom. The van der Waals surface area contributed by atoms with Gasteiger partial charge < -0.3 is 89.0 Å². The summed E-state index contributed by atoms with van der Waals surface area (Å²) in [5.41, 5.74) is 28.4. The molecule has 4 amide bonds. The number of fused-ring (bicyclic) bond motifs is 2. The number of aromatic carboxylic acids is 1. The number of nitrogens with two attached hydrogens (primary N) is 4. The fraction of sp³-hybridized carbons (Fsp3) is 0.406. The van der Waals surface area contributed by atoms with E-state index in [2.05, 4.69) is 71.4 Å². The molecule has 4 aromatic heterocycles. The van der Waals surface area contributed by atoms with E-state index >= 15 is 0 Å². The lowest BCUT2D eigenvalue weighted by atomic mass is 10.1. The van der Waals surface area contributed by atoms with Crippen LogP contribution in [-0.4, -0.2) is 198 Å². The molecule has 7 rings (SSSR count). The molecule has 0 aliphatic rings. The number of carbonyl (C=O) groups excluding carboxylic acids is 4. The molecular formula is C64H82N20O12S. The van der Waals surface area contributed by atoms with Gasteiger partial charge >= 0.3 is 17.9 Å². The first-order chi connectivity index (χ1) is 46.6. The number of nitrogen functional groups attached to an aromatic ring is 4. The number of carboxylic acid groups (broad SMARTS) is 3. The van der Waals surface area contributed by atoms with E-state index in [1.807, 2.05) is 23.9 Å². The van der Waals surface area contributed by atoms with Gasteiger partial charge in [-0.25, -0.2) is 34.3 Å². The average molecular weight is 1360 g/mol. The van der Waals surface area contributed by atoms with E-state index in [1.165, 1.54) is 12.1 Å². The number of aliphatic carboxylic acids is 2. The molecule has 3 aromatic carbocycles. The lowest BCUT2D eigenvalue weighted by molar-refractivity contribution is -0.140. The standard InChI is InChI=1S/C64H82N20O12S/c1-82(37-43-35-72-55-51(74-43)53(65)78-63(67)80-55)45-17-13-39(14-18-45)57(87)76-47(61(91)92)21-23-49(85)69-25-5-3-7-28-84(30-32-96-34-33-95-31-27-71-59(97)41-9-11-42(12-10-41)60(89)90)29-8-4-6-26-70-50(86)24-22-48(62(93)94)77-58(88)40-15-19-46(20-16-40)83(2)38-44-36-73-56-52(75-44)54(66)79-64(68)81-56/h9-20,35-36,47-48H,3-8,21-34,37-38H2,1-2H3,(H,69,85)(H,70,86)(H,71,97)(H,76,87)(H,77,88)(H,89,90)(H,91,92)(H,93,94)(H4,65,67,72,78,80)(H4,66,68,73,79,81)/t47-,48+. The van der Waals surface area contributed by atoms with Gasteiger partial charge in [0.25, 0.3) is 11.8 Å². The van der Waals surface area contributed by atoms with E-state index in [-0.39, 0.29) is 89.0 Å². The third-order valence-corrected chi connectivity index (χ3v) is 15.6. The molecule has 97 heavy (non-hydrogen) atoms. The number of nitrogens with zero attached hydrogens (tertiary/aromatic N) is 11. The number of ether oxygens (including phenoxy) is 2. The van der Waals surface area contributed by atoms with E-state index in [1.54, 1.807) is 73.1 Å². The summed E-state index contributed by atoms with van der Waals surface area (Å²) in [7, 11) is 3.64. The highest BCUT2D eigenvalue weighted by atomic mass is 32.1. The first-order valence-corrected chi connectivity index (χ1v) is 31.8. The van der Waals surface area contributed by atoms with Crippen molar-refractivity contribution in [3.63, 3.8) is 0 Å². The van der Waals surface area contributed by atoms with Crippen LogP contribution >= 0.6 is 12.2 Å². The van der Waals surface area contributed by atoms with E-state index in [0.717, 1.165) is 50.1 Å². The van der Waals surface area contributed by atoms with Crippen LogP contribution < -0.4 is 59.3 Å². The van der Waals surface area contributed by atoms with Gasteiger partial charge in [-0.1, -0.05) is 37.2 Å². The highest BCUT2D eigenvalue weighted by Crippen LogP contribution is 2.22. The molecule has 0 fully saturated rings. The van der Waals surface area contributed by atoms with Crippen molar-refractivity contribution in [1.29, 1.82) is 0 Å². The minimum atomic E-state index is -1.31. The molecule has 33 heteroatoms. The molecule has 4 heterocycles. The molecule has 0 saturated carbocycles. The number of carboxylic acids is 3. The molecule has 0 unspecified atom stereocenters. The normalized spacial score (nSPS) is 11.8. The predicted molar refractivity (Wildman–Crippen MR) is 366 cm³/mol. The van der Waals surface area contributed by atoms with Crippen LogP contribution in [0.15, 0.2) is 85.2 Å². The zero-order valence-electron chi connectivity index (χ0n) is 53.9. The Bertz CT molecular complexity index is 3640. The fourth-order valence-corrected chi connectivity index (χ4v) is 10.2. The van der Waals surface area contributed by atoms with Gasteiger partial charge in [-0.05, 0) is 112 Å². The van der Waals surface area contributed by atoms with Crippen LogP contribution in [0.4, 0.5) is 34.9 Å². The second kappa shape index (κ2) is 37.5.